The molecule has 0 atom stereocenters. The van der Waals surface area contributed by atoms with Gasteiger partial charge in [0.05, 0.1) is 0 Å². The van der Waals surface area contributed by atoms with Crippen molar-refractivity contribution in [2.45, 2.75) is 13.8 Å². The molecule has 10 nitrogen and oxygen atoms in total. The van der Waals surface area contributed by atoms with Crippen molar-refractivity contribution in [3.63, 3.8) is 0 Å². The number of hydrogen-bond acceptors (Lipinski definition) is 7. The molecule has 2 heterocycles. The summed E-state index contributed by atoms with van der Waals surface area (Å²) in [5.41, 5.74) is 7.99. The summed E-state index contributed by atoms with van der Waals surface area (Å²) in [6.45, 7) is 6.46. The maximum atomic E-state index is 12.6. The molecule has 0 saturated carbocycles. The molecular weight excluding hydrogens is 434 g/mol. The predicted octanol–water partition coefficient (Wildman–Crippen LogP) is 2.33. The van der Waals surface area contributed by atoms with Gasteiger partial charge in [-0.05, 0) is 48.9 Å². The molecule has 34 heavy (non-hydrogen) atoms. The number of benzene rings is 2. The molecule has 1 aliphatic rings. The minimum atomic E-state index is -0.871. The zero-order chi connectivity index (χ0) is 24.2. The van der Waals surface area contributed by atoms with Gasteiger partial charge >= 0.3 is 0 Å². The van der Waals surface area contributed by atoms with Crippen molar-refractivity contribution in [1.82, 2.24) is 14.9 Å². The van der Waals surface area contributed by atoms with E-state index in [1.165, 1.54) is 0 Å². The van der Waals surface area contributed by atoms with Crippen LogP contribution in [0.2, 0.25) is 0 Å². The molecule has 3 aromatic rings. The molecule has 1 saturated heterocycles. The summed E-state index contributed by atoms with van der Waals surface area (Å²) >= 11 is 0. The lowest BCUT2D eigenvalue weighted by Crippen LogP contribution is -2.48. The molecule has 5 N–H and O–H groups in total. The first-order valence-electron chi connectivity index (χ1n) is 11.0. The van der Waals surface area contributed by atoms with E-state index >= 15 is 0 Å². The molecule has 1 aliphatic heterocycles. The molecule has 1 fully saturated rings. The SMILES string of the molecule is CC(=O)N1CCN(c2ccc(Nc3nc(Nc4cccc(C)c4)c(C(N)=O)c(=O)[nH]3)cc2)CC1. The summed E-state index contributed by atoms with van der Waals surface area (Å²) in [5, 5.41) is 6.09. The number of nitrogens with one attached hydrogen (secondary N) is 3. The van der Waals surface area contributed by atoms with Gasteiger partial charge in [0, 0.05) is 50.2 Å². The lowest BCUT2D eigenvalue weighted by atomic mass is 10.2. The normalized spacial score (nSPS) is 13.5. The monoisotopic (exact) mass is 461 g/mol. The summed E-state index contributed by atoms with van der Waals surface area (Å²) in [6, 6.07) is 15.2. The Labute approximate surface area is 196 Å². The summed E-state index contributed by atoms with van der Waals surface area (Å²) in [7, 11) is 0. The van der Waals surface area contributed by atoms with Crippen LogP contribution in [0.25, 0.3) is 0 Å². The Bertz CT molecular complexity index is 1260. The highest BCUT2D eigenvalue weighted by Gasteiger charge is 2.19. The van der Waals surface area contributed by atoms with Gasteiger partial charge in [0.1, 0.15) is 5.56 Å². The second kappa shape index (κ2) is 9.65. The number of rotatable bonds is 6. The van der Waals surface area contributed by atoms with Gasteiger partial charge in [-0.2, -0.15) is 4.98 Å². The van der Waals surface area contributed by atoms with Crippen LogP contribution in [-0.4, -0.2) is 52.9 Å². The van der Waals surface area contributed by atoms with Gasteiger partial charge in [-0.15, -0.1) is 0 Å². The van der Waals surface area contributed by atoms with Gasteiger partial charge in [-0.25, -0.2) is 0 Å². The number of H-pyrrole nitrogens is 1. The fraction of sp³-hybridized carbons (Fsp3) is 0.250. The molecule has 2 amide bonds. The molecule has 0 bridgehead atoms. The maximum absolute atomic E-state index is 12.6. The van der Waals surface area contributed by atoms with Gasteiger partial charge in [0.25, 0.3) is 11.5 Å². The van der Waals surface area contributed by atoms with E-state index in [-0.39, 0.29) is 23.2 Å². The smallest absolute Gasteiger partial charge is 0.267 e. The number of aromatic nitrogens is 2. The van der Waals surface area contributed by atoms with Crippen molar-refractivity contribution in [3.05, 3.63) is 70.0 Å². The van der Waals surface area contributed by atoms with Gasteiger partial charge in [-0.3, -0.25) is 19.4 Å². The van der Waals surface area contributed by atoms with E-state index in [2.05, 4.69) is 25.5 Å². The van der Waals surface area contributed by atoms with Crippen LogP contribution in [-0.2, 0) is 4.79 Å². The Balaban J connectivity index is 1.52. The lowest BCUT2D eigenvalue weighted by molar-refractivity contribution is -0.129. The number of carbonyl (C=O) groups is 2. The molecule has 0 spiro atoms. The van der Waals surface area contributed by atoms with Crippen LogP contribution < -0.4 is 26.8 Å². The average molecular weight is 462 g/mol. The molecule has 176 valence electrons. The van der Waals surface area contributed by atoms with E-state index in [4.69, 9.17) is 5.73 Å². The predicted molar refractivity (Wildman–Crippen MR) is 132 cm³/mol. The molecule has 1 aromatic heterocycles. The number of hydrogen-bond donors (Lipinski definition) is 4. The van der Waals surface area contributed by atoms with E-state index < -0.39 is 11.5 Å². The average Bonchev–Trinajstić information content (AvgIpc) is 2.79. The summed E-state index contributed by atoms with van der Waals surface area (Å²) < 4.78 is 0. The van der Waals surface area contributed by atoms with Crippen molar-refractivity contribution in [2.24, 2.45) is 5.73 Å². The highest BCUT2D eigenvalue weighted by molar-refractivity contribution is 5.98. The number of nitrogens with two attached hydrogens (primary N) is 1. The highest BCUT2D eigenvalue weighted by Crippen LogP contribution is 2.23. The number of primary amides is 1. The first kappa shape index (κ1) is 22.8. The summed E-state index contributed by atoms with van der Waals surface area (Å²) in [5.74, 6) is -0.527. The first-order valence-corrected chi connectivity index (χ1v) is 11.0. The Kier molecular flexibility index (Phi) is 6.48. The minimum absolute atomic E-state index is 0.0734. The van der Waals surface area contributed by atoms with E-state index in [1.807, 2.05) is 60.4 Å². The second-order valence-corrected chi connectivity index (χ2v) is 8.16. The van der Waals surface area contributed by atoms with Gasteiger partial charge in [0.2, 0.25) is 11.9 Å². The van der Waals surface area contributed by atoms with Crippen LogP contribution in [0.4, 0.5) is 28.8 Å². The van der Waals surface area contributed by atoms with Gasteiger partial charge in [0.15, 0.2) is 5.82 Å². The van der Waals surface area contributed by atoms with Crippen LogP contribution in [0.1, 0.15) is 22.8 Å². The van der Waals surface area contributed by atoms with Gasteiger partial charge < -0.3 is 26.2 Å². The van der Waals surface area contributed by atoms with Crippen molar-refractivity contribution in [1.29, 1.82) is 0 Å². The maximum Gasteiger partial charge on any atom is 0.267 e. The molecular formula is C24H27N7O3. The fourth-order valence-electron chi connectivity index (χ4n) is 3.88. The van der Waals surface area contributed by atoms with Crippen molar-refractivity contribution < 1.29 is 9.59 Å². The third-order valence-electron chi connectivity index (χ3n) is 5.67. The molecule has 2 aromatic carbocycles. The Morgan fingerprint density at radius 2 is 1.71 bits per heavy atom. The van der Waals surface area contributed by atoms with Gasteiger partial charge in [-0.1, -0.05) is 12.1 Å². The standard InChI is InChI=1S/C24H27N7O3/c1-15-4-3-5-18(14-15)26-22-20(21(25)33)23(34)29-24(28-22)27-17-6-8-19(9-7-17)31-12-10-30(11-13-31)16(2)32/h3-9,14H,10-13H2,1-2H3,(H2,25,33)(H3,26,27,28,29,34). The fourth-order valence-corrected chi connectivity index (χ4v) is 3.88. The zero-order valence-corrected chi connectivity index (χ0v) is 19.1. The third-order valence-corrected chi connectivity index (χ3v) is 5.67. The largest absolute Gasteiger partial charge is 0.368 e. The van der Waals surface area contributed by atoms with Crippen molar-refractivity contribution >= 4 is 40.6 Å². The van der Waals surface area contributed by atoms with Crippen LogP contribution in [0, 0.1) is 6.92 Å². The summed E-state index contributed by atoms with van der Waals surface area (Å²) in [4.78, 5) is 47.0. The second-order valence-electron chi connectivity index (χ2n) is 8.16. The van der Waals surface area contributed by atoms with E-state index in [9.17, 15) is 14.4 Å². The number of aryl methyl sites for hydroxylation is 1. The number of piperazine rings is 1. The molecule has 10 heteroatoms. The van der Waals surface area contributed by atoms with Crippen LogP contribution in [0.5, 0.6) is 0 Å². The third kappa shape index (κ3) is 5.17. The number of carbonyl (C=O) groups excluding carboxylic acids is 2. The highest BCUT2D eigenvalue weighted by atomic mass is 16.2. The first-order chi connectivity index (χ1) is 16.3. The van der Waals surface area contributed by atoms with Crippen LogP contribution in [0.3, 0.4) is 0 Å². The Morgan fingerprint density at radius 3 is 2.32 bits per heavy atom. The van der Waals surface area contributed by atoms with Crippen molar-refractivity contribution in [2.75, 3.05) is 41.7 Å². The molecule has 4 rings (SSSR count). The number of anilines is 5. The minimum Gasteiger partial charge on any atom is -0.368 e. The molecule has 0 aliphatic carbocycles. The van der Waals surface area contributed by atoms with Crippen LogP contribution in [0.15, 0.2) is 53.3 Å². The number of amides is 2. The number of nitrogens with zero attached hydrogens (tertiary/aromatic N) is 3. The topological polar surface area (TPSA) is 136 Å². The zero-order valence-electron chi connectivity index (χ0n) is 19.1. The van der Waals surface area contributed by atoms with E-state index in [0.717, 1.165) is 24.3 Å². The molecule has 0 radical (unpaired) electrons. The van der Waals surface area contributed by atoms with E-state index in [1.54, 1.807) is 6.92 Å². The summed E-state index contributed by atoms with van der Waals surface area (Å²) in [6.07, 6.45) is 0. The quantitative estimate of drug-likeness (QED) is 0.442. The Morgan fingerprint density at radius 1 is 1.00 bits per heavy atom. The van der Waals surface area contributed by atoms with Crippen LogP contribution >= 0.6 is 0 Å². The lowest BCUT2D eigenvalue weighted by Gasteiger charge is -2.35. The molecule has 0 unspecified atom stereocenters. The van der Waals surface area contributed by atoms with E-state index in [0.29, 0.717) is 24.5 Å². The Hall–Kier alpha value is -4.34. The number of aromatic amines is 1. The van der Waals surface area contributed by atoms with Crippen molar-refractivity contribution in [3.8, 4) is 0 Å².